The van der Waals surface area contributed by atoms with Crippen LogP contribution in [-0.2, 0) is 14.8 Å². The third-order valence-corrected chi connectivity index (χ3v) is 8.11. The summed E-state index contributed by atoms with van der Waals surface area (Å²) in [6.07, 6.45) is 0. The van der Waals surface area contributed by atoms with Gasteiger partial charge in [-0.25, -0.2) is 12.8 Å². The van der Waals surface area contributed by atoms with Crippen LogP contribution in [0.3, 0.4) is 0 Å². The number of nitro benzene ring substituents is 1. The molecule has 2 fully saturated rings. The third-order valence-electron chi connectivity index (χ3n) is 6.19. The lowest BCUT2D eigenvalue weighted by atomic mass is 10.2. The molecule has 2 saturated heterocycles. The van der Waals surface area contributed by atoms with E-state index in [9.17, 15) is 27.7 Å². The molecule has 0 saturated carbocycles. The van der Waals surface area contributed by atoms with Crippen LogP contribution >= 0.6 is 0 Å². The van der Waals surface area contributed by atoms with Crippen LogP contribution in [0.5, 0.6) is 0 Å². The van der Waals surface area contributed by atoms with Gasteiger partial charge in [-0.15, -0.1) is 0 Å². The van der Waals surface area contributed by atoms with Gasteiger partial charge in [0.2, 0.25) is 15.9 Å². The molecule has 12 heteroatoms. The summed E-state index contributed by atoms with van der Waals surface area (Å²) in [5.41, 5.74) is 0.650. The van der Waals surface area contributed by atoms with E-state index in [0.717, 1.165) is 12.1 Å². The number of nitro groups is 1. The largest absolute Gasteiger partial charge is 0.363 e. The molecular formula is C22H26FN5O5S. The maximum atomic E-state index is 13.1. The van der Waals surface area contributed by atoms with E-state index in [1.54, 1.807) is 23.1 Å². The molecule has 2 aliphatic heterocycles. The fraction of sp³-hybridized carbons (Fsp3) is 0.409. The van der Waals surface area contributed by atoms with Gasteiger partial charge < -0.3 is 9.80 Å². The summed E-state index contributed by atoms with van der Waals surface area (Å²) in [5.74, 6) is -0.574. The van der Waals surface area contributed by atoms with Crippen LogP contribution < -0.4 is 4.90 Å². The number of piperazine rings is 2. The standard InChI is InChI=1S/C22H26FN5O5S/c23-18-5-7-19(8-6-18)34(32,33)27-15-13-26(14-16-27)22(29)17-24-9-11-25(12-10-24)20-3-1-2-4-21(20)28(30)31/h1-8H,9-17H2. The quantitative estimate of drug-likeness (QED) is 0.444. The second kappa shape index (κ2) is 10.0. The van der Waals surface area contributed by atoms with Crippen molar-refractivity contribution in [1.29, 1.82) is 0 Å². The second-order valence-electron chi connectivity index (χ2n) is 8.25. The number of nitrogens with zero attached hydrogens (tertiary/aromatic N) is 5. The van der Waals surface area contributed by atoms with Gasteiger partial charge in [0, 0.05) is 58.4 Å². The Bertz CT molecular complexity index is 1140. The first-order valence-corrected chi connectivity index (χ1v) is 12.4. The summed E-state index contributed by atoms with van der Waals surface area (Å²) in [6.45, 7) is 3.48. The molecule has 0 N–H and O–H groups in total. The number of hydrogen-bond acceptors (Lipinski definition) is 7. The van der Waals surface area contributed by atoms with E-state index in [1.807, 2.05) is 9.80 Å². The van der Waals surface area contributed by atoms with Crippen LogP contribution in [0, 0.1) is 15.9 Å². The van der Waals surface area contributed by atoms with E-state index in [2.05, 4.69) is 0 Å². The molecule has 0 atom stereocenters. The number of rotatable bonds is 6. The van der Waals surface area contributed by atoms with Crippen LogP contribution in [-0.4, -0.2) is 92.3 Å². The molecule has 2 aromatic rings. The lowest BCUT2D eigenvalue weighted by Gasteiger charge is -2.38. The predicted molar refractivity (Wildman–Crippen MR) is 123 cm³/mol. The number of halogens is 1. The van der Waals surface area contributed by atoms with Gasteiger partial charge in [0.1, 0.15) is 11.5 Å². The van der Waals surface area contributed by atoms with Crippen LogP contribution in [0.2, 0.25) is 0 Å². The summed E-state index contributed by atoms with van der Waals surface area (Å²) >= 11 is 0. The number of anilines is 1. The van der Waals surface area contributed by atoms with Crippen LogP contribution in [0.4, 0.5) is 15.8 Å². The Labute approximate surface area is 197 Å². The zero-order valence-electron chi connectivity index (χ0n) is 18.5. The van der Waals surface area contributed by atoms with Gasteiger partial charge in [0.25, 0.3) is 5.69 Å². The smallest absolute Gasteiger partial charge is 0.292 e. The van der Waals surface area contributed by atoms with E-state index >= 15 is 0 Å². The van der Waals surface area contributed by atoms with Crippen molar-refractivity contribution in [3.8, 4) is 0 Å². The van der Waals surface area contributed by atoms with E-state index in [-0.39, 0.29) is 54.1 Å². The molecule has 182 valence electrons. The average Bonchev–Trinajstić information content (AvgIpc) is 2.85. The molecule has 0 radical (unpaired) electrons. The maximum absolute atomic E-state index is 13.1. The van der Waals surface area contributed by atoms with Crippen molar-refractivity contribution in [3.05, 3.63) is 64.5 Å². The molecular weight excluding hydrogens is 465 g/mol. The van der Waals surface area contributed by atoms with Crippen molar-refractivity contribution in [3.63, 3.8) is 0 Å². The molecule has 2 aliphatic rings. The van der Waals surface area contributed by atoms with Crippen molar-refractivity contribution in [2.75, 3.05) is 63.8 Å². The van der Waals surface area contributed by atoms with Crippen molar-refractivity contribution < 1.29 is 22.5 Å². The van der Waals surface area contributed by atoms with Crippen molar-refractivity contribution in [2.24, 2.45) is 0 Å². The molecule has 34 heavy (non-hydrogen) atoms. The second-order valence-corrected chi connectivity index (χ2v) is 10.2. The maximum Gasteiger partial charge on any atom is 0.292 e. The summed E-state index contributed by atoms with van der Waals surface area (Å²) in [5, 5.41) is 11.3. The minimum Gasteiger partial charge on any atom is -0.363 e. The Hall–Kier alpha value is -3.09. The SMILES string of the molecule is O=C(CN1CCN(c2ccccc2[N+](=O)[O-])CC1)N1CCN(S(=O)(=O)c2ccc(F)cc2)CC1. The number of carbonyl (C=O) groups is 1. The van der Waals surface area contributed by atoms with Gasteiger partial charge >= 0.3 is 0 Å². The van der Waals surface area contributed by atoms with Crippen LogP contribution in [0.25, 0.3) is 0 Å². The third kappa shape index (κ3) is 5.18. The van der Waals surface area contributed by atoms with Crippen LogP contribution in [0.1, 0.15) is 0 Å². The van der Waals surface area contributed by atoms with E-state index in [1.165, 1.54) is 22.5 Å². The molecule has 1 amide bonds. The minimum absolute atomic E-state index is 0.0326. The van der Waals surface area contributed by atoms with Crippen molar-refractivity contribution in [2.45, 2.75) is 4.90 Å². The van der Waals surface area contributed by atoms with Crippen molar-refractivity contribution in [1.82, 2.24) is 14.1 Å². The lowest BCUT2D eigenvalue weighted by Crippen LogP contribution is -2.54. The Morgan fingerprint density at radius 2 is 1.53 bits per heavy atom. The van der Waals surface area contributed by atoms with Gasteiger partial charge in [-0.05, 0) is 30.3 Å². The number of benzene rings is 2. The highest BCUT2D eigenvalue weighted by atomic mass is 32.2. The lowest BCUT2D eigenvalue weighted by molar-refractivity contribution is -0.384. The molecule has 2 aromatic carbocycles. The molecule has 2 heterocycles. The Morgan fingerprint density at radius 1 is 0.912 bits per heavy atom. The normalized spacial score (nSPS) is 18.1. The average molecular weight is 492 g/mol. The number of hydrogen-bond donors (Lipinski definition) is 0. The summed E-state index contributed by atoms with van der Waals surface area (Å²) < 4.78 is 39.9. The molecule has 0 unspecified atom stereocenters. The summed E-state index contributed by atoms with van der Waals surface area (Å²) in [6, 6.07) is 11.3. The Kier molecular flexibility index (Phi) is 7.10. The topological polar surface area (TPSA) is 107 Å². The fourth-order valence-electron chi connectivity index (χ4n) is 4.26. The van der Waals surface area contributed by atoms with Gasteiger partial charge in [0.05, 0.1) is 16.4 Å². The van der Waals surface area contributed by atoms with Gasteiger partial charge in [-0.3, -0.25) is 19.8 Å². The zero-order valence-corrected chi connectivity index (χ0v) is 19.4. The summed E-state index contributed by atoms with van der Waals surface area (Å²) in [4.78, 5) is 29.4. The van der Waals surface area contributed by atoms with Gasteiger partial charge in [0.15, 0.2) is 0 Å². The first-order valence-electron chi connectivity index (χ1n) is 11.0. The molecule has 10 nitrogen and oxygen atoms in total. The Morgan fingerprint density at radius 3 is 2.15 bits per heavy atom. The van der Waals surface area contributed by atoms with Gasteiger partial charge in [-0.2, -0.15) is 4.31 Å². The molecule has 0 aromatic heterocycles. The highest BCUT2D eigenvalue weighted by Crippen LogP contribution is 2.28. The summed E-state index contributed by atoms with van der Waals surface area (Å²) in [7, 11) is -3.73. The van der Waals surface area contributed by atoms with E-state index in [0.29, 0.717) is 31.9 Å². The first kappa shape index (κ1) is 24.0. The van der Waals surface area contributed by atoms with E-state index in [4.69, 9.17) is 0 Å². The van der Waals surface area contributed by atoms with Gasteiger partial charge in [-0.1, -0.05) is 12.1 Å². The molecule has 4 rings (SSSR count). The van der Waals surface area contributed by atoms with E-state index < -0.39 is 15.8 Å². The molecule has 0 bridgehead atoms. The number of carbonyl (C=O) groups excluding carboxylic acids is 1. The minimum atomic E-state index is -3.73. The highest BCUT2D eigenvalue weighted by molar-refractivity contribution is 7.89. The number of amides is 1. The predicted octanol–water partition coefficient (Wildman–Crippen LogP) is 1.39. The highest BCUT2D eigenvalue weighted by Gasteiger charge is 2.31. The molecule has 0 aliphatic carbocycles. The van der Waals surface area contributed by atoms with Crippen molar-refractivity contribution >= 4 is 27.3 Å². The number of para-hydroxylation sites is 2. The Balaban J connectivity index is 1.27. The monoisotopic (exact) mass is 491 g/mol. The zero-order chi connectivity index (χ0) is 24.3. The van der Waals surface area contributed by atoms with Crippen LogP contribution in [0.15, 0.2) is 53.4 Å². The molecule has 0 spiro atoms. The fourth-order valence-corrected chi connectivity index (χ4v) is 5.68. The number of sulfonamides is 1. The first-order chi connectivity index (χ1) is 16.3.